The van der Waals surface area contributed by atoms with Crippen LogP contribution < -0.4 is 15.8 Å². The van der Waals surface area contributed by atoms with Gasteiger partial charge in [-0.25, -0.2) is 13.6 Å². The molecule has 18 heavy (non-hydrogen) atoms. The van der Waals surface area contributed by atoms with Gasteiger partial charge >= 0.3 is 0 Å². The summed E-state index contributed by atoms with van der Waals surface area (Å²) >= 11 is 0. The van der Waals surface area contributed by atoms with Crippen LogP contribution in [0.2, 0.25) is 0 Å². The molecule has 1 rings (SSSR count). The molecule has 0 unspecified atom stereocenters. The monoisotopic (exact) mass is 271 g/mol. The number of unbranched alkanes of at least 4 members (excludes halogenated alkanes) is 1. The van der Waals surface area contributed by atoms with Gasteiger partial charge in [-0.3, -0.25) is 0 Å². The lowest BCUT2D eigenvalue weighted by Crippen LogP contribution is -2.24. The number of hydrogen-bond donors (Lipinski definition) is 2. The topological polar surface area (TPSA) is 89.4 Å². The maximum absolute atomic E-state index is 11.3. The summed E-state index contributed by atoms with van der Waals surface area (Å²) in [7, 11) is -3.74. The summed E-state index contributed by atoms with van der Waals surface area (Å²) in [5.41, 5.74) is 6.87. The zero-order chi connectivity index (χ0) is 13.8. The molecule has 0 radical (unpaired) electrons. The first-order valence-electron chi connectivity index (χ1n) is 6.07. The molecule has 5 nitrogen and oxygen atoms in total. The van der Waals surface area contributed by atoms with Crippen LogP contribution >= 0.6 is 0 Å². The smallest absolute Gasteiger partial charge is 0.240 e. The Morgan fingerprint density at radius 1 is 1.28 bits per heavy atom. The van der Waals surface area contributed by atoms with E-state index in [4.69, 9.17) is 10.9 Å². The van der Waals surface area contributed by atoms with Crippen molar-refractivity contribution in [3.05, 3.63) is 18.2 Å². The van der Waals surface area contributed by atoms with E-state index in [2.05, 4.69) is 18.7 Å². The molecule has 0 aliphatic heterocycles. The lowest BCUT2D eigenvalue weighted by Gasteiger charge is -2.23. The average Bonchev–Trinajstić information content (AvgIpc) is 2.28. The number of hydrogen-bond acceptors (Lipinski definition) is 4. The highest BCUT2D eigenvalue weighted by atomic mass is 32.2. The van der Waals surface area contributed by atoms with Crippen LogP contribution in [0.25, 0.3) is 0 Å². The molecule has 0 bridgehead atoms. The Kier molecular flexibility index (Phi) is 4.98. The molecule has 1 aromatic rings. The minimum absolute atomic E-state index is 0.0159. The predicted octanol–water partition coefficient (Wildman–Crippen LogP) is 1.54. The van der Waals surface area contributed by atoms with Crippen molar-refractivity contribution in [1.29, 1.82) is 0 Å². The van der Waals surface area contributed by atoms with Crippen molar-refractivity contribution < 1.29 is 8.42 Å². The lowest BCUT2D eigenvalue weighted by molar-refractivity contribution is 0.598. The predicted molar refractivity (Wildman–Crippen MR) is 75.0 cm³/mol. The van der Waals surface area contributed by atoms with E-state index in [9.17, 15) is 8.42 Å². The second-order valence-electron chi connectivity index (χ2n) is 4.20. The molecule has 0 heterocycles. The summed E-state index contributed by atoms with van der Waals surface area (Å²) in [5.74, 6) is 0. The number of nitrogens with zero attached hydrogens (tertiary/aromatic N) is 1. The zero-order valence-corrected chi connectivity index (χ0v) is 11.7. The summed E-state index contributed by atoms with van der Waals surface area (Å²) in [6.45, 7) is 5.97. The van der Waals surface area contributed by atoms with Crippen LogP contribution in [-0.2, 0) is 10.0 Å². The highest BCUT2D eigenvalue weighted by Gasteiger charge is 2.13. The molecule has 1 aromatic carbocycles. The maximum atomic E-state index is 11.3. The summed E-state index contributed by atoms with van der Waals surface area (Å²) in [4.78, 5) is 2.14. The van der Waals surface area contributed by atoms with Crippen molar-refractivity contribution in [3.63, 3.8) is 0 Å². The van der Waals surface area contributed by atoms with Crippen LogP contribution in [0.3, 0.4) is 0 Å². The SMILES string of the molecule is CCCCN(CC)c1ccc(S(N)(=O)=O)c(N)c1. The number of primary sulfonamides is 1. The van der Waals surface area contributed by atoms with Gasteiger partial charge in [-0.05, 0) is 31.5 Å². The quantitative estimate of drug-likeness (QED) is 0.768. The van der Waals surface area contributed by atoms with Crippen LogP contribution in [0, 0.1) is 0 Å². The van der Waals surface area contributed by atoms with E-state index >= 15 is 0 Å². The molecular weight excluding hydrogens is 250 g/mol. The summed E-state index contributed by atoms with van der Waals surface area (Å²) in [5, 5.41) is 5.08. The van der Waals surface area contributed by atoms with E-state index in [0.717, 1.165) is 31.6 Å². The minimum Gasteiger partial charge on any atom is -0.398 e. The van der Waals surface area contributed by atoms with E-state index in [1.807, 2.05) is 0 Å². The van der Waals surface area contributed by atoms with E-state index < -0.39 is 10.0 Å². The molecule has 0 saturated heterocycles. The fourth-order valence-electron chi connectivity index (χ4n) is 1.81. The number of nitrogens with two attached hydrogens (primary N) is 2. The Morgan fingerprint density at radius 3 is 2.39 bits per heavy atom. The average molecular weight is 271 g/mol. The van der Waals surface area contributed by atoms with Gasteiger partial charge in [-0.15, -0.1) is 0 Å². The molecule has 4 N–H and O–H groups in total. The van der Waals surface area contributed by atoms with Gasteiger partial charge < -0.3 is 10.6 Å². The normalized spacial score (nSPS) is 11.5. The van der Waals surface area contributed by atoms with Crippen molar-refractivity contribution in [2.75, 3.05) is 23.7 Å². The number of nitrogen functional groups attached to an aromatic ring is 1. The van der Waals surface area contributed by atoms with Crippen molar-refractivity contribution in [2.45, 2.75) is 31.6 Å². The van der Waals surface area contributed by atoms with Gasteiger partial charge in [-0.2, -0.15) is 0 Å². The third kappa shape index (κ3) is 3.61. The first-order chi connectivity index (χ1) is 8.40. The summed E-state index contributed by atoms with van der Waals surface area (Å²) < 4.78 is 22.5. The van der Waals surface area contributed by atoms with Crippen LogP contribution in [-0.4, -0.2) is 21.5 Å². The van der Waals surface area contributed by atoms with E-state index in [1.54, 1.807) is 12.1 Å². The second-order valence-corrected chi connectivity index (χ2v) is 5.73. The van der Waals surface area contributed by atoms with Crippen molar-refractivity contribution >= 4 is 21.4 Å². The van der Waals surface area contributed by atoms with Crippen LogP contribution in [0.4, 0.5) is 11.4 Å². The number of benzene rings is 1. The van der Waals surface area contributed by atoms with Crippen LogP contribution in [0.15, 0.2) is 23.1 Å². The minimum atomic E-state index is -3.74. The molecular formula is C12H21N3O2S. The zero-order valence-electron chi connectivity index (χ0n) is 10.9. The molecule has 0 atom stereocenters. The molecule has 6 heteroatoms. The van der Waals surface area contributed by atoms with Gasteiger partial charge in [0.1, 0.15) is 4.90 Å². The van der Waals surface area contributed by atoms with E-state index in [1.165, 1.54) is 6.07 Å². The molecule has 0 fully saturated rings. The third-order valence-electron chi connectivity index (χ3n) is 2.83. The molecule has 0 amide bonds. The van der Waals surface area contributed by atoms with Crippen LogP contribution in [0.1, 0.15) is 26.7 Å². The Hall–Kier alpha value is -1.27. The lowest BCUT2D eigenvalue weighted by atomic mass is 10.2. The van der Waals surface area contributed by atoms with Gasteiger partial charge in [0.15, 0.2) is 0 Å². The largest absolute Gasteiger partial charge is 0.398 e. The van der Waals surface area contributed by atoms with E-state index in [-0.39, 0.29) is 10.6 Å². The highest BCUT2D eigenvalue weighted by Crippen LogP contribution is 2.24. The molecule has 0 aliphatic rings. The number of anilines is 2. The molecule has 0 aromatic heterocycles. The Morgan fingerprint density at radius 2 is 1.94 bits per heavy atom. The first-order valence-corrected chi connectivity index (χ1v) is 7.62. The van der Waals surface area contributed by atoms with Gasteiger partial charge in [0.05, 0.1) is 5.69 Å². The fourth-order valence-corrected chi connectivity index (χ4v) is 2.46. The van der Waals surface area contributed by atoms with E-state index in [0.29, 0.717) is 0 Å². The highest BCUT2D eigenvalue weighted by molar-refractivity contribution is 7.89. The molecule has 102 valence electrons. The maximum Gasteiger partial charge on any atom is 0.240 e. The Balaban J connectivity index is 3.02. The Labute approximate surface area is 109 Å². The summed E-state index contributed by atoms with van der Waals surface area (Å²) in [6, 6.07) is 4.88. The molecule has 0 spiro atoms. The van der Waals surface area contributed by atoms with Crippen LogP contribution in [0.5, 0.6) is 0 Å². The fraction of sp³-hybridized carbons (Fsp3) is 0.500. The number of sulfonamides is 1. The number of rotatable bonds is 6. The third-order valence-corrected chi connectivity index (χ3v) is 3.81. The molecule has 0 saturated carbocycles. The van der Waals surface area contributed by atoms with Gasteiger partial charge in [0.25, 0.3) is 0 Å². The first kappa shape index (κ1) is 14.8. The van der Waals surface area contributed by atoms with Gasteiger partial charge in [-0.1, -0.05) is 13.3 Å². The molecule has 0 aliphatic carbocycles. The second kappa shape index (κ2) is 6.06. The van der Waals surface area contributed by atoms with Crippen molar-refractivity contribution in [2.24, 2.45) is 5.14 Å². The van der Waals surface area contributed by atoms with Gasteiger partial charge in [0, 0.05) is 18.8 Å². The van der Waals surface area contributed by atoms with Crippen molar-refractivity contribution in [1.82, 2.24) is 0 Å². The van der Waals surface area contributed by atoms with Crippen molar-refractivity contribution in [3.8, 4) is 0 Å². The Bertz CT molecular complexity index is 500. The van der Waals surface area contributed by atoms with Gasteiger partial charge in [0.2, 0.25) is 10.0 Å². The standard InChI is InChI=1S/C12H21N3O2S/c1-3-5-8-15(4-2)10-6-7-12(11(13)9-10)18(14,16)17/h6-7,9H,3-5,8,13H2,1-2H3,(H2,14,16,17). The summed E-state index contributed by atoms with van der Waals surface area (Å²) in [6.07, 6.45) is 2.20.